The number of ether oxygens (including phenoxy) is 2. The summed E-state index contributed by atoms with van der Waals surface area (Å²) < 4.78 is 17.4. The molecule has 0 N–H and O–H groups in total. The number of thiophene rings is 1. The molecule has 0 saturated carbocycles. The fourth-order valence-electron chi connectivity index (χ4n) is 3.43. The molecule has 0 aromatic carbocycles. The lowest BCUT2D eigenvalue weighted by atomic mass is 10.2. The van der Waals surface area contributed by atoms with E-state index in [2.05, 4.69) is 27.0 Å². The molecular formula is C20H17N5O5S. The zero-order valence-electron chi connectivity index (χ0n) is 16.6. The summed E-state index contributed by atoms with van der Waals surface area (Å²) in [5.41, 5.74) is 0.786. The van der Waals surface area contributed by atoms with Gasteiger partial charge >= 0.3 is 5.91 Å². The first-order valence-electron chi connectivity index (χ1n) is 9.66. The number of morpholine rings is 1. The van der Waals surface area contributed by atoms with Crippen molar-refractivity contribution >= 4 is 39.2 Å². The predicted molar refractivity (Wildman–Crippen MR) is 114 cm³/mol. The number of anilines is 2. The Bertz CT molecular complexity index is 1280. The van der Waals surface area contributed by atoms with Crippen molar-refractivity contribution in [3.05, 3.63) is 21.7 Å². The van der Waals surface area contributed by atoms with Gasteiger partial charge in [-0.2, -0.15) is 0 Å². The van der Waals surface area contributed by atoms with E-state index in [1.54, 1.807) is 12.3 Å². The van der Waals surface area contributed by atoms with Gasteiger partial charge in [-0.25, -0.2) is 4.98 Å². The Hall–Kier alpha value is -3.49. The van der Waals surface area contributed by atoms with E-state index < -0.39 is 5.91 Å². The highest BCUT2D eigenvalue weighted by Gasteiger charge is 2.28. The molecule has 3 aromatic rings. The number of carbonyl (C=O) groups is 1. The third kappa shape index (κ3) is 3.49. The van der Waals surface area contributed by atoms with Gasteiger partial charge in [0.05, 0.1) is 25.3 Å². The highest BCUT2D eigenvalue weighted by Crippen LogP contribution is 2.35. The third-order valence-corrected chi connectivity index (χ3v) is 5.90. The number of fused-ring (bicyclic) bond motifs is 2. The largest absolute Gasteiger partial charge is 0.472 e. The minimum atomic E-state index is -0.394. The van der Waals surface area contributed by atoms with Crippen molar-refractivity contribution in [3.63, 3.8) is 0 Å². The van der Waals surface area contributed by atoms with Gasteiger partial charge in [-0.3, -0.25) is 14.5 Å². The summed E-state index contributed by atoms with van der Waals surface area (Å²) >= 11 is 1.25. The van der Waals surface area contributed by atoms with E-state index in [9.17, 15) is 9.59 Å². The Labute approximate surface area is 180 Å². The summed E-state index contributed by atoms with van der Waals surface area (Å²) in [4.78, 5) is 32.9. The van der Waals surface area contributed by atoms with Crippen LogP contribution in [0.25, 0.3) is 21.7 Å². The molecule has 2 aliphatic heterocycles. The predicted octanol–water partition coefficient (Wildman–Crippen LogP) is 1.29. The first-order valence-corrected chi connectivity index (χ1v) is 10.5. The van der Waals surface area contributed by atoms with Crippen LogP contribution in [0.2, 0.25) is 0 Å². The van der Waals surface area contributed by atoms with Crippen LogP contribution in [0.1, 0.15) is 6.92 Å². The summed E-state index contributed by atoms with van der Waals surface area (Å²) in [5, 5.41) is 9.99. The van der Waals surface area contributed by atoms with Crippen LogP contribution in [0.15, 0.2) is 20.7 Å². The minimum Gasteiger partial charge on any atom is -0.472 e. The molecule has 11 heteroatoms. The van der Waals surface area contributed by atoms with E-state index in [4.69, 9.17) is 13.9 Å². The van der Waals surface area contributed by atoms with Crippen LogP contribution < -0.4 is 20.0 Å². The molecule has 0 aliphatic carbocycles. The van der Waals surface area contributed by atoms with E-state index in [0.717, 1.165) is 0 Å². The molecule has 0 bridgehead atoms. The summed E-state index contributed by atoms with van der Waals surface area (Å²) in [6.07, 6.45) is 0. The van der Waals surface area contributed by atoms with Gasteiger partial charge in [0.2, 0.25) is 11.2 Å². The Morgan fingerprint density at radius 2 is 2.03 bits per heavy atom. The van der Waals surface area contributed by atoms with Gasteiger partial charge in [-0.15, -0.1) is 21.5 Å². The van der Waals surface area contributed by atoms with E-state index in [0.29, 0.717) is 54.6 Å². The molecule has 0 atom stereocenters. The summed E-state index contributed by atoms with van der Waals surface area (Å²) in [6, 6.07) is 1.50. The monoisotopic (exact) mass is 439 g/mol. The molecule has 31 heavy (non-hydrogen) atoms. The second kappa shape index (κ2) is 7.98. The number of amides is 1. The van der Waals surface area contributed by atoms with E-state index in [-0.39, 0.29) is 29.6 Å². The lowest BCUT2D eigenvalue weighted by Gasteiger charge is -2.27. The normalized spacial score (nSPS) is 15.8. The van der Waals surface area contributed by atoms with Crippen molar-refractivity contribution in [3.8, 4) is 29.1 Å². The Kier molecular flexibility index (Phi) is 5.01. The average Bonchev–Trinajstić information content (AvgIpc) is 3.24. The lowest BCUT2D eigenvalue weighted by molar-refractivity contribution is -0.113. The fraction of sp³-hybridized carbons (Fsp3) is 0.350. The van der Waals surface area contributed by atoms with Crippen LogP contribution >= 0.6 is 11.3 Å². The van der Waals surface area contributed by atoms with E-state index >= 15 is 0 Å². The molecule has 158 valence electrons. The van der Waals surface area contributed by atoms with Gasteiger partial charge in [0.25, 0.3) is 5.88 Å². The van der Waals surface area contributed by atoms with Gasteiger partial charge < -0.3 is 18.8 Å². The Morgan fingerprint density at radius 3 is 2.84 bits per heavy atom. The van der Waals surface area contributed by atoms with Gasteiger partial charge in [0.15, 0.2) is 17.3 Å². The van der Waals surface area contributed by atoms with E-state index in [1.165, 1.54) is 22.3 Å². The first-order chi connectivity index (χ1) is 15.2. The SMILES string of the molecule is CC#CC(=O)N1CCOc2nnc(-c3csc4c(=O)cc(N5CCOCC5)oc34)nc21. The van der Waals surface area contributed by atoms with Crippen LogP contribution in [-0.2, 0) is 9.53 Å². The maximum atomic E-state index is 12.7. The minimum absolute atomic E-state index is 0.136. The van der Waals surface area contributed by atoms with E-state index in [1.807, 2.05) is 4.90 Å². The Balaban J connectivity index is 1.60. The smallest absolute Gasteiger partial charge is 0.304 e. The second-order valence-electron chi connectivity index (χ2n) is 6.80. The van der Waals surface area contributed by atoms with Crippen molar-refractivity contribution < 1.29 is 18.7 Å². The number of rotatable bonds is 2. The van der Waals surface area contributed by atoms with Crippen LogP contribution in [-0.4, -0.2) is 60.5 Å². The molecule has 5 rings (SSSR count). The molecule has 5 heterocycles. The molecule has 1 fully saturated rings. The Morgan fingerprint density at radius 1 is 1.19 bits per heavy atom. The van der Waals surface area contributed by atoms with Crippen molar-refractivity contribution in [2.45, 2.75) is 6.92 Å². The van der Waals surface area contributed by atoms with Crippen LogP contribution in [0, 0.1) is 11.8 Å². The maximum absolute atomic E-state index is 12.7. The summed E-state index contributed by atoms with van der Waals surface area (Å²) in [7, 11) is 0. The molecule has 0 radical (unpaired) electrons. The van der Waals surface area contributed by atoms with Crippen LogP contribution in [0.3, 0.4) is 0 Å². The number of aromatic nitrogens is 3. The second-order valence-corrected chi connectivity index (χ2v) is 7.68. The lowest BCUT2D eigenvalue weighted by Crippen LogP contribution is -2.38. The topological polar surface area (TPSA) is 111 Å². The van der Waals surface area contributed by atoms with Crippen molar-refractivity contribution in [1.29, 1.82) is 0 Å². The number of carbonyl (C=O) groups excluding carboxylic acids is 1. The first kappa shape index (κ1) is 19.5. The molecule has 0 spiro atoms. The molecule has 2 aliphatic rings. The maximum Gasteiger partial charge on any atom is 0.304 e. The quantitative estimate of drug-likeness (QED) is 0.545. The molecule has 0 unspecified atom stereocenters. The molecule has 1 amide bonds. The third-order valence-electron chi connectivity index (χ3n) is 4.92. The zero-order chi connectivity index (χ0) is 21.4. The van der Waals surface area contributed by atoms with Crippen molar-refractivity contribution in [2.75, 3.05) is 49.3 Å². The van der Waals surface area contributed by atoms with Crippen LogP contribution in [0.4, 0.5) is 11.7 Å². The van der Waals surface area contributed by atoms with Crippen molar-refractivity contribution in [2.24, 2.45) is 0 Å². The number of nitrogens with zero attached hydrogens (tertiary/aromatic N) is 5. The molecular weight excluding hydrogens is 422 g/mol. The fourth-order valence-corrected chi connectivity index (χ4v) is 4.31. The zero-order valence-corrected chi connectivity index (χ0v) is 17.4. The van der Waals surface area contributed by atoms with Gasteiger partial charge in [0.1, 0.15) is 11.3 Å². The van der Waals surface area contributed by atoms with Gasteiger partial charge in [0, 0.05) is 24.5 Å². The van der Waals surface area contributed by atoms with Gasteiger partial charge in [-0.1, -0.05) is 5.92 Å². The summed E-state index contributed by atoms with van der Waals surface area (Å²) in [5.74, 6) is 5.84. The van der Waals surface area contributed by atoms with Gasteiger partial charge in [-0.05, 0) is 12.8 Å². The average molecular weight is 439 g/mol. The molecule has 1 saturated heterocycles. The highest BCUT2D eigenvalue weighted by atomic mass is 32.1. The highest BCUT2D eigenvalue weighted by molar-refractivity contribution is 7.17. The standard InChI is InChI=1S/C20H17N5O5S/c1-2-3-14(27)25-6-9-29-20-19(25)21-18(22-23-20)12-11-31-17-13(26)10-15(30-16(12)17)24-4-7-28-8-5-24/h10-11H,4-9H2,1H3. The molecule has 3 aromatic heterocycles. The molecule has 10 nitrogen and oxygen atoms in total. The number of hydrogen-bond donors (Lipinski definition) is 0. The number of hydrogen-bond acceptors (Lipinski definition) is 10. The van der Waals surface area contributed by atoms with Crippen molar-refractivity contribution in [1.82, 2.24) is 15.2 Å². The summed E-state index contributed by atoms with van der Waals surface area (Å²) in [6.45, 7) is 4.59. The van der Waals surface area contributed by atoms with Crippen LogP contribution in [0.5, 0.6) is 5.88 Å².